The minimum absolute atomic E-state index is 0.138. The zero-order chi connectivity index (χ0) is 13.1. The van der Waals surface area contributed by atoms with E-state index in [0.29, 0.717) is 5.69 Å². The average molecular weight is 247 g/mol. The van der Waals surface area contributed by atoms with Crippen LogP contribution in [0.25, 0.3) is 0 Å². The molecule has 0 fully saturated rings. The molecule has 0 aliphatic heterocycles. The lowest BCUT2D eigenvalue weighted by atomic mass is 10.2. The molecule has 0 aromatic carbocycles. The van der Waals surface area contributed by atoms with Crippen molar-refractivity contribution in [1.29, 1.82) is 0 Å². The molecule has 0 aliphatic carbocycles. The van der Waals surface area contributed by atoms with E-state index in [1.807, 2.05) is 6.92 Å². The summed E-state index contributed by atoms with van der Waals surface area (Å²) < 4.78 is 13.8. The Morgan fingerprint density at radius 2 is 2.11 bits per heavy atom. The maximum atomic E-state index is 13.8. The van der Waals surface area contributed by atoms with E-state index in [9.17, 15) is 9.18 Å². The van der Waals surface area contributed by atoms with E-state index in [1.54, 1.807) is 12.1 Å². The monoisotopic (exact) mass is 247 g/mol. The normalized spacial score (nSPS) is 10.1. The third-order valence-electron chi connectivity index (χ3n) is 2.29. The fraction of sp³-hybridized carbons (Fsp3) is 0.0833. The van der Waals surface area contributed by atoms with Crippen molar-refractivity contribution in [1.82, 2.24) is 9.97 Å². The van der Waals surface area contributed by atoms with Gasteiger partial charge in [0.05, 0.1) is 11.9 Å². The zero-order valence-corrected chi connectivity index (χ0v) is 9.51. The highest BCUT2D eigenvalue weighted by Crippen LogP contribution is 2.19. The van der Waals surface area contributed by atoms with Gasteiger partial charge in [-0.25, -0.2) is 14.2 Å². The van der Waals surface area contributed by atoms with Gasteiger partial charge >= 0.3 is 5.97 Å². The van der Waals surface area contributed by atoms with E-state index in [4.69, 9.17) is 5.11 Å². The van der Waals surface area contributed by atoms with Crippen LogP contribution in [0, 0.1) is 12.7 Å². The molecule has 2 rings (SSSR count). The Labute approximate surface area is 102 Å². The van der Waals surface area contributed by atoms with Crippen molar-refractivity contribution >= 4 is 17.5 Å². The minimum Gasteiger partial charge on any atom is -0.478 e. The third-order valence-corrected chi connectivity index (χ3v) is 2.29. The highest BCUT2D eigenvalue weighted by Gasteiger charge is 2.15. The zero-order valence-electron chi connectivity index (χ0n) is 9.51. The topological polar surface area (TPSA) is 75.1 Å². The van der Waals surface area contributed by atoms with Gasteiger partial charge in [-0.05, 0) is 25.1 Å². The van der Waals surface area contributed by atoms with Crippen molar-refractivity contribution in [2.45, 2.75) is 6.92 Å². The summed E-state index contributed by atoms with van der Waals surface area (Å²) >= 11 is 0. The van der Waals surface area contributed by atoms with Gasteiger partial charge in [0.1, 0.15) is 5.56 Å². The van der Waals surface area contributed by atoms with Crippen LogP contribution in [-0.4, -0.2) is 21.0 Å². The van der Waals surface area contributed by atoms with Crippen molar-refractivity contribution in [3.8, 4) is 0 Å². The number of nitrogens with one attached hydrogen (secondary N) is 1. The van der Waals surface area contributed by atoms with E-state index in [2.05, 4.69) is 15.3 Å². The van der Waals surface area contributed by atoms with E-state index >= 15 is 0 Å². The van der Waals surface area contributed by atoms with Crippen LogP contribution in [0.4, 0.5) is 15.9 Å². The number of rotatable bonds is 3. The Bertz CT molecular complexity index is 584. The maximum absolute atomic E-state index is 13.8. The number of hydrogen-bond donors (Lipinski definition) is 2. The van der Waals surface area contributed by atoms with Crippen molar-refractivity contribution < 1.29 is 14.3 Å². The van der Waals surface area contributed by atoms with Crippen LogP contribution in [0.2, 0.25) is 0 Å². The molecule has 6 heteroatoms. The van der Waals surface area contributed by atoms with Crippen LogP contribution >= 0.6 is 0 Å². The van der Waals surface area contributed by atoms with Crippen LogP contribution < -0.4 is 5.32 Å². The molecule has 0 aliphatic rings. The Balaban J connectivity index is 2.32. The van der Waals surface area contributed by atoms with Crippen LogP contribution in [0.15, 0.2) is 30.6 Å². The van der Waals surface area contributed by atoms with Gasteiger partial charge in [0, 0.05) is 11.9 Å². The molecule has 2 heterocycles. The first kappa shape index (κ1) is 12.0. The summed E-state index contributed by atoms with van der Waals surface area (Å²) in [5, 5.41) is 11.5. The summed E-state index contributed by atoms with van der Waals surface area (Å²) in [6, 6.07) is 4.56. The largest absolute Gasteiger partial charge is 0.478 e. The first-order chi connectivity index (χ1) is 8.58. The summed E-state index contributed by atoms with van der Waals surface area (Å²) in [4.78, 5) is 18.6. The Morgan fingerprint density at radius 3 is 2.72 bits per heavy atom. The molecule has 0 saturated carbocycles. The molecule has 0 bridgehead atoms. The van der Waals surface area contributed by atoms with E-state index < -0.39 is 17.3 Å². The SMILES string of the molecule is Cc1ccc(Nc2nccc(C(=O)O)c2F)cn1. The van der Waals surface area contributed by atoms with Gasteiger partial charge < -0.3 is 10.4 Å². The fourth-order valence-electron chi connectivity index (χ4n) is 1.37. The second kappa shape index (κ2) is 4.79. The quantitative estimate of drug-likeness (QED) is 0.870. The Morgan fingerprint density at radius 1 is 1.33 bits per heavy atom. The van der Waals surface area contributed by atoms with Crippen LogP contribution in [0.5, 0.6) is 0 Å². The molecule has 2 aromatic rings. The highest BCUT2D eigenvalue weighted by molar-refractivity contribution is 5.89. The summed E-state index contributed by atoms with van der Waals surface area (Å²) in [6.45, 7) is 1.83. The second-order valence-corrected chi connectivity index (χ2v) is 3.64. The van der Waals surface area contributed by atoms with Crippen LogP contribution in [0.1, 0.15) is 16.1 Å². The first-order valence-corrected chi connectivity index (χ1v) is 5.15. The summed E-state index contributed by atoms with van der Waals surface area (Å²) in [5.41, 5.74) is 0.940. The molecule has 0 amide bonds. The lowest BCUT2D eigenvalue weighted by Gasteiger charge is -2.07. The molecule has 0 radical (unpaired) electrons. The summed E-state index contributed by atoms with van der Waals surface area (Å²) in [6.07, 6.45) is 2.75. The summed E-state index contributed by atoms with van der Waals surface area (Å²) in [7, 11) is 0. The summed E-state index contributed by atoms with van der Waals surface area (Å²) in [5.74, 6) is -2.37. The second-order valence-electron chi connectivity index (χ2n) is 3.64. The first-order valence-electron chi connectivity index (χ1n) is 5.15. The van der Waals surface area contributed by atoms with Crippen molar-refractivity contribution in [3.63, 3.8) is 0 Å². The van der Waals surface area contributed by atoms with Crippen LogP contribution in [0.3, 0.4) is 0 Å². The number of aryl methyl sites for hydroxylation is 1. The number of aromatic nitrogens is 2. The number of halogens is 1. The molecule has 0 atom stereocenters. The number of carboxylic acid groups (broad SMARTS) is 1. The fourth-order valence-corrected chi connectivity index (χ4v) is 1.37. The Hall–Kier alpha value is -2.50. The van der Waals surface area contributed by atoms with Gasteiger partial charge in [-0.2, -0.15) is 0 Å². The van der Waals surface area contributed by atoms with Crippen molar-refractivity contribution in [3.05, 3.63) is 47.7 Å². The standard InChI is InChI=1S/C12H10FN3O2/c1-7-2-3-8(6-15-7)16-11-10(13)9(12(17)18)4-5-14-11/h2-6H,1H3,(H,14,16)(H,17,18). The predicted molar refractivity (Wildman–Crippen MR) is 63.4 cm³/mol. The molecule has 5 nitrogen and oxygen atoms in total. The molecule has 0 saturated heterocycles. The number of pyridine rings is 2. The molecule has 2 aromatic heterocycles. The van der Waals surface area contributed by atoms with Gasteiger partial charge in [0.2, 0.25) is 0 Å². The number of nitrogens with zero attached hydrogens (tertiary/aromatic N) is 2. The van der Waals surface area contributed by atoms with Crippen molar-refractivity contribution in [2.75, 3.05) is 5.32 Å². The number of anilines is 2. The lowest BCUT2D eigenvalue weighted by Crippen LogP contribution is -2.05. The third kappa shape index (κ3) is 2.42. The number of aromatic carboxylic acids is 1. The highest BCUT2D eigenvalue weighted by atomic mass is 19.1. The van der Waals surface area contributed by atoms with Gasteiger partial charge in [0.15, 0.2) is 11.6 Å². The molecular weight excluding hydrogens is 237 g/mol. The van der Waals surface area contributed by atoms with E-state index in [0.717, 1.165) is 11.8 Å². The minimum atomic E-state index is -1.33. The van der Waals surface area contributed by atoms with Gasteiger partial charge in [-0.15, -0.1) is 0 Å². The van der Waals surface area contributed by atoms with Gasteiger partial charge in [-0.3, -0.25) is 4.98 Å². The van der Waals surface area contributed by atoms with E-state index in [1.165, 1.54) is 12.4 Å². The number of carboxylic acids is 1. The van der Waals surface area contributed by atoms with Gasteiger partial charge in [-0.1, -0.05) is 0 Å². The maximum Gasteiger partial charge on any atom is 0.338 e. The molecule has 0 unspecified atom stereocenters. The van der Waals surface area contributed by atoms with Crippen LogP contribution in [-0.2, 0) is 0 Å². The molecular formula is C12H10FN3O2. The number of hydrogen-bond acceptors (Lipinski definition) is 4. The molecule has 92 valence electrons. The average Bonchev–Trinajstić information content (AvgIpc) is 2.34. The van der Waals surface area contributed by atoms with E-state index in [-0.39, 0.29) is 5.82 Å². The Kier molecular flexibility index (Phi) is 3.18. The number of carbonyl (C=O) groups is 1. The molecule has 0 spiro atoms. The molecule has 18 heavy (non-hydrogen) atoms. The smallest absolute Gasteiger partial charge is 0.338 e. The molecule has 2 N–H and O–H groups in total. The van der Waals surface area contributed by atoms with Gasteiger partial charge in [0.25, 0.3) is 0 Å². The lowest BCUT2D eigenvalue weighted by molar-refractivity contribution is 0.0692. The predicted octanol–water partition coefficient (Wildman–Crippen LogP) is 2.37. The van der Waals surface area contributed by atoms with Crippen molar-refractivity contribution in [2.24, 2.45) is 0 Å².